The molecule has 3 heterocycles. The zero-order valence-electron chi connectivity index (χ0n) is 30.0. The number of carbonyl (C=O) groups excluding carboxylic acids is 2. The van der Waals surface area contributed by atoms with Crippen molar-refractivity contribution in [2.75, 3.05) is 49.1 Å². The SMILES string of the molecule is CC1(C)CCN(C(C)(C)C)C=C1C(=O)c1ccc(N2CCN(c3ccc(C(=O)C4=CN(C(C)(C)C)CCC4(C)C)cc3)CC2)cc1. The van der Waals surface area contributed by atoms with Crippen molar-refractivity contribution in [1.82, 2.24) is 9.80 Å². The Kier molecular flexibility index (Phi) is 9.00. The van der Waals surface area contributed by atoms with Crippen LogP contribution in [0.25, 0.3) is 0 Å². The van der Waals surface area contributed by atoms with Gasteiger partial charge >= 0.3 is 0 Å². The number of allylic oxidation sites excluding steroid dienone is 2. The van der Waals surface area contributed by atoms with Crippen molar-refractivity contribution < 1.29 is 9.59 Å². The zero-order valence-corrected chi connectivity index (χ0v) is 30.0. The Morgan fingerprint density at radius 2 is 0.826 bits per heavy atom. The second-order valence-electron chi connectivity index (χ2n) is 16.8. The van der Waals surface area contributed by atoms with E-state index in [1.54, 1.807) is 0 Å². The van der Waals surface area contributed by atoms with Crippen molar-refractivity contribution in [1.29, 1.82) is 0 Å². The Balaban J connectivity index is 1.21. The van der Waals surface area contributed by atoms with Crippen LogP contribution in [-0.4, -0.2) is 71.7 Å². The van der Waals surface area contributed by atoms with Gasteiger partial charge in [0.1, 0.15) is 0 Å². The summed E-state index contributed by atoms with van der Waals surface area (Å²) in [6, 6.07) is 16.4. The molecule has 0 amide bonds. The molecule has 5 rings (SSSR count). The van der Waals surface area contributed by atoms with Crippen LogP contribution in [0.3, 0.4) is 0 Å². The van der Waals surface area contributed by atoms with Crippen LogP contribution in [0.2, 0.25) is 0 Å². The molecule has 1 saturated heterocycles. The summed E-state index contributed by atoms with van der Waals surface area (Å²) in [4.78, 5) is 36.8. The molecule has 0 bridgehead atoms. The second kappa shape index (κ2) is 12.2. The van der Waals surface area contributed by atoms with E-state index in [-0.39, 0.29) is 33.5 Å². The van der Waals surface area contributed by atoms with Gasteiger partial charge in [-0.3, -0.25) is 9.59 Å². The maximum atomic E-state index is 13.7. The van der Waals surface area contributed by atoms with Gasteiger partial charge in [0.15, 0.2) is 11.6 Å². The molecule has 0 saturated carbocycles. The molecule has 2 aromatic rings. The number of carbonyl (C=O) groups is 2. The van der Waals surface area contributed by atoms with E-state index in [2.05, 4.69) is 126 Å². The number of benzene rings is 2. The van der Waals surface area contributed by atoms with Gasteiger partial charge in [-0.15, -0.1) is 0 Å². The van der Waals surface area contributed by atoms with E-state index in [1.165, 1.54) is 0 Å². The van der Waals surface area contributed by atoms with Crippen molar-refractivity contribution in [3.05, 3.63) is 83.2 Å². The summed E-state index contributed by atoms with van der Waals surface area (Å²) in [7, 11) is 0. The largest absolute Gasteiger partial charge is 0.372 e. The number of rotatable bonds is 6. The van der Waals surface area contributed by atoms with Gasteiger partial charge in [0.25, 0.3) is 0 Å². The Labute approximate surface area is 278 Å². The van der Waals surface area contributed by atoms with E-state index in [1.807, 2.05) is 24.3 Å². The van der Waals surface area contributed by atoms with Crippen LogP contribution in [0.1, 0.15) is 103 Å². The summed E-state index contributed by atoms with van der Waals surface area (Å²) in [5.41, 5.74) is 5.31. The molecule has 248 valence electrons. The number of hydrogen-bond donors (Lipinski definition) is 0. The maximum absolute atomic E-state index is 13.7. The highest BCUT2D eigenvalue weighted by atomic mass is 16.1. The first-order chi connectivity index (χ1) is 21.4. The minimum atomic E-state index is -0.142. The summed E-state index contributed by atoms with van der Waals surface area (Å²) in [5, 5.41) is 0. The molecular weight excluding hydrogens is 568 g/mol. The van der Waals surface area contributed by atoms with Gasteiger partial charge in [-0.2, -0.15) is 0 Å². The molecule has 0 aromatic heterocycles. The lowest BCUT2D eigenvalue weighted by Gasteiger charge is -2.43. The molecule has 6 heteroatoms. The highest BCUT2D eigenvalue weighted by Crippen LogP contribution is 2.40. The molecule has 2 aromatic carbocycles. The average molecular weight is 625 g/mol. The number of nitrogens with zero attached hydrogens (tertiary/aromatic N) is 4. The predicted octanol–water partition coefficient (Wildman–Crippen LogP) is 8.21. The first kappa shape index (κ1) is 33.8. The molecular formula is C40H56N4O2. The predicted molar refractivity (Wildman–Crippen MR) is 192 cm³/mol. The van der Waals surface area contributed by atoms with Gasteiger partial charge in [0.2, 0.25) is 0 Å². The van der Waals surface area contributed by atoms with Crippen molar-refractivity contribution in [2.24, 2.45) is 10.8 Å². The lowest BCUT2D eigenvalue weighted by molar-refractivity contribution is 0.0954. The molecule has 1 fully saturated rings. The quantitative estimate of drug-likeness (QED) is 0.302. The van der Waals surface area contributed by atoms with E-state index in [4.69, 9.17) is 0 Å². The average Bonchev–Trinajstić information content (AvgIpc) is 2.99. The number of Topliss-reactive ketones (excluding diaryl/α,β-unsaturated/α-hetero) is 2. The fraction of sp³-hybridized carbons (Fsp3) is 0.550. The topological polar surface area (TPSA) is 47.1 Å². The molecule has 0 spiro atoms. The second-order valence-corrected chi connectivity index (χ2v) is 16.8. The lowest BCUT2D eigenvalue weighted by atomic mass is 9.75. The standard InChI is InChI=1S/C40H56N4O2/c1-37(2,3)43-21-19-39(7,8)33(27-43)35(45)29-11-15-31(16-12-29)41-23-25-42(26-24-41)32-17-13-30(14-18-32)36(46)34-28-44(38(4,5)6)22-20-40(34,9)10/h11-18,27-28H,19-26H2,1-10H3. The molecule has 0 unspecified atom stereocenters. The van der Waals surface area contributed by atoms with Crippen molar-refractivity contribution in [3.8, 4) is 0 Å². The lowest BCUT2D eigenvalue weighted by Crippen LogP contribution is -2.46. The fourth-order valence-electron chi connectivity index (χ4n) is 6.83. The van der Waals surface area contributed by atoms with Crippen LogP contribution in [0.5, 0.6) is 0 Å². The molecule has 0 radical (unpaired) electrons. The Morgan fingerprint density at radius 3 is 1.11 bits per heavy atom. The highest BCUT2D eigenvalue weighted by Gasteiger charge is 2.37. The zero-order chi connectivity index (χ0) is 33.7. The molecule has 6 nitrogen and oxygen atoms in total. The summed E-state index contributed by atoms with van der Waals surface area (Å²) >= 11 is 0. The van der Waals surface area contributed by atoms with E-state index in [0.717, 1.165) is 85.8 Å². The van der Waals surface area contributed by atoms with Crippen molar-refractivity contribution >= 4 is 22.9 Å². The van der Waals surface area contributed by atoms with Crippen LogP contribution < -0.4 is 9.80 Å². The first-order valence-corrected chi connectivity index (χ1v) is 17.1. The van der Waals surface area contributed by atoms with Gasteiger partial charge in [-0.25, -0.2) is 0 Å². The Hall–Kier alpha value is -3.54. The van der Waals surface area contributed by atoms with E-state index < -0.39 is 0 Å². The minimum absolute atomic E-state index is 0.00792. The van der Waals surface area contributed by atoms with E-state index in [9.17, 15) is 9.59 Å². The summed E-state index contributed by atoms with van der Waals surface area (Å²) < 4.78 is 0. The van der Waals surface area contributed by atoms with Gasteiger partial charge in [-0.1, -0.05) is 27.7 Å². The van der Waals surface area contributed by atoms with Crippen LogP contribution in [0, 0.1) is 10.8 Å². The Morgan fingerprint density at radius 1 is 0.522 bits per heavy atom. The molecule has 3 aliphatic rings. The van der Waals surface area contributed by atoms with E-state index >= 15 is 0 Å². The number of ketones is 2. The number of piperazine rings is 1. The Bertz CT molecular complexity index is 1380. The number of hydrogen-bond acceptors (Lipinski definition) is 6. The van der Waals surface area contributed by atoms with Crippen molar-refractivity contribution in [3.63, 3.8) is 0 Å². The summed E-state index contributed by atoms with van der Waals surface area (Å²) in [5.74, 6) is 0.263. The third-order valence-corrected chi connectivity index (χ3v) is 10.5. The first-order valence-electron chi connectivity index (χ1n) is 17.1. The normalized spacial score (nSPS) is 20.3. The van der Waals surface area contributed by atoms with Crippen molar-refractivity contribution in [2.45, 2.75) is 93.2 Å². The summed E-state index contributed by atoms with van der Waals surface area (Å²) in [6.45, 7) is 27.5. The summed E-state index contributed by atoms with van der Waals surface area (Å²) in [6.07, 6.45) is 6.15. The maximum Gasteiger partial charge on any atom is 0.191 e. The van der Waals surface area contributed by atoms with Gasteiger partial charge in [0.05, 0.1) is 0 Å². The third-order valence-electron chi connectivity index (χ3n) is 10.5. The van der Waals surface area contributed by atoms with Crippen LogP contribution in [0.4, 0.5) is 11.4 Å². The van der Waals surface area contributed by atoms with E-state index in [0.29, 0.717) is 0 Å². The molecule has 0 atom stereocenters. The molecule has 3 aliphatic heterocycles. The van der Waals surface area contributed by atoms with Crippen LogP contribution >= 0.6 is 0 Å². The molecule has 46 heavy (non-hydrogen) atoms. The van der Waals surface area contributed by atoms with Crippen LogP contribution in [-0.2, 0) is 0 Å². The van der Waals surface area contributed by atoms with Crippen LogP contribution in [0.15, 0.2) is 72.1 Å². The van der Waals surface area contributed by atoms with Gasteiger partial charge in [0, 0.05) is 96.4 Å². The molecule has 0 aliphatic carbocycles. The van der Waals surface area contributed by atoms with Gasteiger partial charge < -0.3 is 19.6 Å². The highest BCUT2D eigenvalue weighted by molar-refractivity contribution is 6.10. The van der Waals surface area contributed by atoms with Gasteiger partial charge in [-0.05, 0) is 114 Å². The monoisotopic (exact) mass is 624 g/mol. The molecule has 0 N–H and O–H groups in total. The fourth-order valence-corrected chi connectivity index (χ4v) is 6.83. The third kappa shape index (κ3) is 7.06. The number of anilines is 2. The smallest absolute Gasteiger partial charge is 0.191 e. The minimum Gasteiger partial charge on any atom is -0.372 e.